The number of likely N-dealkylation sites (tertiary alicyclic amines) is 1. The van der Waals surface area contributed by atoms with Crippen molar-refractivity contribution < 1.29 is 9.18 Å². The van der Waals surface area contributed by atoms with Crippen molar-refractivity contribution in [3.05, 3.63) is 47.8 Å². The van der Waals surface area contributed by atoms with Crippen molar-refractivity contribution in [2.24, 2.45) is 18.7 Å². The van der Waals surface area contributed by atoms with Crippen LogP contribution in [0.15, 0.2) is 36.4 Å². The normalized spacial score (nSPS) is 26.8. The number of benzene rings is 2. The summed E-state index contributed by atoms with van der Waals surface area (Å²) in [6, 6.07) is 12.1. The molecule has 186 valence electrons. The van der Waals surface area contributed by atoms with Crippen molar-refractivity contribution in [3.63, 3.8) is 0 Å². The fraction of sp³-hybridized carbons (Fsp3) is 0.429. The Morgan fingerprint density at radius 1 is 1.22 bits per heavy atom. The molecule has 2 fully saturated rings. The molecule has 2 aliphatic heterocycles. The van der Waals surface area contributed by atoms with Crippen molar-refractivity contribution in [1.29, 1.82) is 0 Å². The highest BCUT2D eigenvalue weighted by atomic mass is 19.1. The molecule has 0 spiro atoms. The van der Waals surface area contributed by atoms with Gasteiger partial charge in [0, 0.05) is 42.7 Å². The Bertz CT molecular complexity index is 1550. The summed E-state index contributed by atoms with van der Waals surface area (Å²) in [4.78, 5) is 20.1. The van der Waals surface area contributed by atoms with Crippen molar-refractivity contribution in [2.75, 3.05) is 11.9 Å². The first-order chi connectivity index (χ1) is 17.4. The molecule has 36 heavy (non-hydrogen) atoms. The number of anilines is 1. The molecule has 2 aromatic carbocycles. The van der Waals surface area contributed by atoms with E-state index in [1.54, 1.807) is 6.07 Å². The fourth-order valence-corrected chi connectivity index (χ4v) is 7.12. The van der Waals surface area contributed by atoms with E-state index in [9.17, 15) is 4.79 Å². The quantitative estimate of drug-likeness (QED) is 0.441. The van der Waals surface area contributed by atoms with Crippen LogP contribution in [0.25, 0.3) is 33.5 Å². The number of nitrogens with zero attached hydrogens (tertiary/aromatic N) is 4. The van der Waals surface area contributed by atoms with E-state index in [-0.39, 0.29) is 30.1 Å². The van der Waals surface area contributed by atoms with E-state index in [4.69, 9.17) is 10.7 Å². The first kappa shape index (κ1) is 21.9. The van der Waals surface area contributed by atoms with Gasteiger partial charge in [0.05, 0.1) is 28.5 Å². The van der Waals surface area contributed by atoms with E-state index < -0.39 is 5.82 Å². The number of imidazole rings is 1. The monoisotopic (exact) mass is 486 g/mol. The maximum atomic E-state index is 15.5. The Balaban J connectivity index is 1.37. The van der Waals surface area contributed by atoms with E-state index >= 15 is 4.39 Å². The zero-order valence-corrected chi connectivity index (χ0v) is 20.8. The van der Waals surface area contributed by atoms with Gasteiger partial charge in [-0.3, -0.25) is 4.79 Å². The van der Waals surface area contributed by atoms with Crippen LogP contribution in [-0.2, 0) is 7.05 Å². The zero-order chi connectivity index (χ0) is 24.9. The zero-order valence-electron chi connectivity index (χ0n) is 20.8. The van der Waals surface area contributed by atoms with Gasteiger partial charge in [-0.15, -0.1) is 0 Å². The fourth-order valence-electron chi connectivity index (χ4n) is 7.12. The lowest BCUT2D eigenvalue weighted by molar-refractivity contribution is 0.0700. The maximum Gasteiger partial charge on any atom is 0.254 e. The standard InChI is InChI=1S/C28H31FN6O/c1-4-21-14(2)31-19-7-5-6-15-12-23(35(21)25(15)19)27-32-20-11-17(10-18(29)26(20)33(27)3)28(36)34-13-16-8-9-22(34)24(16)30/h5-7,10-12,14,16,21-22,24,31H,4,8-9,13,30H2,1-3H3/t14-,16+,21+,22+,24+/m0/s1. The number of aryl methyl sites for hydroxylation is 1. The van der Waals surface area contributed by atoms with Crippen LogP contribution in [0.5, 0.6) is 0 Å². The number of piperidine rings is 1. The first-order valence-electron chi connectivity index (χ1n) is 13.0. The molecule has 0 unspecified atom stereocenters. The molecule has 7 rings (SSSR count). The van der Waals surface area contributed by atoms with Gasteiger partial charge in [-0.25, -0.2) is 9.37 Å². The Hall–Kier alpha value is -3.39. The van der Waals surface area contributed by atoms with Gasteiger partial charge >= 0.3 is 0 Å². The highest BCUT2D eigenvalue weighted by Gasteiger charge is 2.47. The van der Waals surface area contributed by atoms with Crippen molar-refractivity contribution in [1.82, 2.24) is 19.0 Å². The molecule has 2 aromatic heterocycles. The summed E-state index contributed by atoms with van der Waals surface area (Å²) in [6.07, 6.45) is 2.94. The number of para-hydroxylation sites is 1. The Kier molecular flexibility index (Phi) is 4.59. The number of fused-ring (bicyclic) bond motifs is 3. The predicted molar refractivity (Wildman–Crippen MR) is 140 cm³/mol. The molecule has 2 bridgehead atoms. The molecule has 4 aromatic rings. The third kappa shape index (κ3) is 2.82. The summed E-state index contributed by atoms with van der Waals surface area (Å²) in [5, 5.41) is 4.77. The molecule has 0 radical (unpaired) electrons. The van der Waals surface area contributed by atoms with Crippen LogP contribution in [0.4, 0.5) is 10.1 Å². The minimum absolute atomic E-state index is 0.0257. The molecule has 3 N–H and O–H groups in total. The van der Waals surface area contributed by atoms with E-state index in [0.29, 0.717) is 34.9 Å². The summed E-state index contributed by atoms with van der Waals surface area (Å²) in [5.41, 5.74) is 10.8. The Morgan fingerprint density at radius 3 is 2.78 bits per heavy atom. The molecule has 1 aliphatic carbocycles. The van der Waals surface area contributed by atoms with E-state index in [1.165, 1.54) is 6.07 Å². The average Bonchev–Trinajstić information content (AvgIpc) is 3.60. The van der Waals surface area contributed by atoms with Gasteiger partial charge in [0.2, 0.25) is 0 Å². The number of carbonyl (C=O) groups is 1. The number of nitrogens with two attached hydrogens (primary N) is 1. The van der Waals surface area contributed by atoms with Crippen LogP contribution in [0.3, 0.4) is 0 Å². The number of hydrogen-bond donors (Lipinski definition) is 2. The largest absolute Gasteiger partial charge is 0.379 e. The van der Waals surface area contributed by atoms with Gasteiger partial charge in [0.15, 0.2) is 5.82 Å². The molecule has 4 heterocycles. The van der Waals surface area contributed by atoms with Crippen LogP contribution in [0.2, 0.25) is 0 Å². The Labute approximate surface area is 209 Å². The average molecular weight is 487 g/mol. The number of halogens is 1. The second-order valence-corrected chi connectivity index (χ2v) is 10.8. The smallest absolute Gasteiger partial charge is 0.254 e. The lowest BCUT2D eigenvalue weighted by Crippen LogP contribution is -2.41. The third-order valence-electron chi connectivity index (χ3n) is 8.88. The minimum atomic E-state index is -0.428. The molecule has 5 atom stereocenters. The lowest BCUT2D eigenvalue weighted by Gasteiger charge is -2.34. The van der Waals surface area contributed by atoms with Gasteiger partial charge in [-0.1, -0.05) is 19.1 Å². The predicted octanol–water partition coefficient (Wildman–Crippen LogP) is 4.66. The topological polar surface area (TPSA) is 81.1 Å². The van der Waals surface area contributed by atoms with Gasteiger partial charge < -0.3 is 25.1 Å². The second-order valence-electron chi connectivity index (χ2n) is 10.8. The number of amides is 1. The summed E-state index contributed by atoms with van der Waals surface area (Å²) in [6.45, 7) is 5.05. The van der Waals surface area contributed by atoms with Gasteiger partial charge in [0.25, 0.3) is 5.91 Å². The summed E-state index contributed by atoms with van der Waals surface area (Å²) in [5.74, 6) is 0.473. The van der Waals surface area contributed by atoms with Gasteiger partial charge in [-0.05, 0) is 56.4 Å². The highest BCUT2D eigenvalue weighted by molar-refractivity contribution is 6.00. The number of carbonyl (C=O) groups excluding carboxylic acids is 1. The number of rotatable bonds is 3. The molecule has 7 nitrogen and oxygen atoms in total. The maximum absolute atomic E-state index is 15.5. The van der Waals surface area contributed by atoms with Crippen LogP contribution in [0, 0.1) is 11.7 Å². The number of nitrogens with one attached hydrogen (secondary N) is 1. The number of aromatic nitrogens is 3. The summed E-state index contributed by atoms with van der Waals surface area (Å²) < 4.78 is 19.7. The molecule has 8 heteroatoms. The SMILES string of the molecule is CC[C@@H]1[C@H](C)Nc2cccc3cc(-c4nc5cc(C(=O)N6C[C@H]7CC[C@@H]6[C@@H]7N)cc(F)c5n4C)n1c23. The first-order valence-corrected chi connectivity index (χ1v) is 13.0. The highest BCUT2D eigenvalue weighted by Crippen LogP contribution is 2.42. The van der Waals surface area contributed by atoms with E-state index in [1.807, 2.05) is 16.5 Å². The Morgan fingerprint density at radius 2 is 2.06 bits per heavy atom. The summed E-state index contributed by atoms with van der Waals surface area (Å²) in [7, 11) is 1.85. The van der Waals surface area contributed by atoms with Crippen LogP contribution >= 0.6 is 0 Å². The molecule has 1 saturated carbocycles. The molecular formula is C28H31FN6O. The molecule has 1 amide bonds. The lowest BCUT2D eigenvalue weighted by atomic mass is 10.0. The third-order valence-corrected chi connectivity index (χ3v) is 8.88. The summed E-state index contributed by atoms with van der Waals surface area (Å²) >= 11 is 0. The minimum Gasteiger partial charge on any atom is -0.379 e. The molecular weight excluding hydrogens is 455 g/mol. The van der Waals surface area contributed by atoms with Crippen molar-refractivity contribution in [3.8, 4) is 11.5 Å². The van der Waals surface area contributed by atoms with Gasteiger partial charge in [-0.2, -0.15) is 0 Å². The van der Waals surface area contributed by atoms with Crippen molar-refractivity contribution >= 4 is 33.5 Å². The molecule has 3 aliphatic rings. The van der Waals surface area contributed by atoms with Crippen LogP contribution in [0.1, 0.15) is 49.5 Å². The van der Waals surface area contributed by atoms with Gasteiger partial charge in [0.1, 0.15) is 11.3 Å². The van der Waals surface area contributed by atoms with Crippen LogP contribution in [-0.4, -0.2) is 49.6 Å². The molecule has 1 saturated heterocycles. The second kappa shape index (κ2) is 7.56. The van der Waals surface area contributed by atoms with Crippen molar-refractivity contribution in [2.45, 2.75) is 57.3 Å². The van der Waals surface area contributed by atoms with E-state index in [2.05, 4.69) is 48.0 Å². The van der Waals surface area contributed by atoms with Crippen LogP contribution < -0.4 is 11.1 Å². The van der Waals surface area contributed by atoms with E-state index in [0.717, 1.165) is 41.5 Å². The number of hydrogen-bond acceptors (Lipinski definition) is 4.